The Morgan fingerprint density at radius 1 is 0.348 bits per heavy atom. The fourth-order valence-corrected chi connectivity index (χ4v) is 11.2. The number of carboxylic acid groups (broad SMARTS) is 1. The van der Waals surface area contributed by atoms with Crippen molar-refractivity contribution in [2.75, 3.05) is 47.5 Å². The van der Waals surface area contributed by atoms with E-state index in [1.165, 1.54) is 263 Å². The topological polar surface area (TPSA) is 108 Å². The minimum absolute atomic E-state index is 0.180. The van der Waals surface area contributed by atoms with Crippen LogP contribution in [0.15, 0.2) is 72.9 Å². The molecule has 0 saturated carbocycles. The van der Waals surface area contributed by atoms with E-state index in [0.29, 0.717) is 17.4 Å². The van der Waals surface area contributed by atoms with Crippen LogP contribution in [-0.2, 0) is 33.3 Å². The van der Waals surface area contributed by atoms with E-state index in [2.05, 4.69) is 86.8 Å². The number of aliphatic carboxylic acids is 1. The molecule has 0 bridgehead atoms. The van der Waals surface area contributed by atoms with Gasteiger partial charge in [-0.15, -0.1) is 0 Å². The van der Waals surface area contributed by atoms with Crippen molar-refractivity contribution in [3.63, 3.8) is 0 Å². The van der Waals surface area contributed by atoms with E-state index in [9.17, 15) is 19.5 Å². The normalized spacial score (nSPS) is 13.0. The van der Waals surface area contributed by atoms with E-state index < -0.39 is 18.4 Å². The highest BCUT2D eigenvalue weighted by Gasteiger charge is 2.25. The summed E-state index contributed by atoms with van der Waals surface area (Å²) in [5, 5.41) is 9.76. The highest BCUT2D eigenvalue weighted by atomic mass is 16.7. The zero-order valence-corrected chi connectivity index (χ0v) is 59.3. The third-order valence-electron chi connectivity index (χ3n) is 16.9. The Bertz CT molecular complexity index is 1690. The standard InChI is InChI=1S/C80H145NO8/c1-6-8-10-12-14-16-18-20-22-24-26-28-30-31-32-33-34-35-36-37-38-39-40-41-42-43-44-45-46-47-49-51-53-55-57-59-61-63-65-67-69-71-78(83)89-76(75-88-80(79(84)85)86-73-72-81(3,4)5)74-87-77(82)70-68-66-64-62-60-58-56-54-52-50-48-29-27-25-23-21-19-17-15-13-11-9-7-2/h8,10,14,16,19-22,25-28,76,80H,6-7,9,11-13,15,17-18,23-24,29-75H2,1-5H3/p+1/b10-8-,16-14-,21-19-,22-20-,27-25-,28-26-. The molecule has 0 fully saturated rings. The molecule has 518 valence electrons. The lowest BCUT2D eigenvalue weighted by molar-refractivity contribution is -0.870. The molecule has 2 unspecified atom stereocenters. The fraction of sp³-hybridized carbons (Fsp3) is 0.812. The summed E-state index contributed by atoms with van der Waals surface area (Å²) in [6, 6.07) is 0. The van der Waals surface area contributed by atoms with Crippen molar-refractivity contribution in [1.29, 1.82) is 0 Å². The maximum absolute atomic E-state index is 13.0. The second-order valence-corrected chi connectivity index (χ2v) is 26.9. The van der Waals surface area contributed by atoms with Gasteiger partial charge >= 0.3 is 17.9 Å². The zero-order chi connectivity index (χ0) is 64.7. The molecule has 0 heterocycles. The van der Waals surface area contributed by atoms with Crippen LogP contribution >= 0.6 is 0 Å². The molecule has 0 radical (unpaired) electrons. The van der Waals surface area contributed by atoms with Gasteiger partial charge in [0.1, 0.15) is 13.2 Å². The number of hydrogen-bond acceptors (Lipinski definition) is 7. The predicted molar refractivity (Wildman–Crippen MR) is 383 cm³/mol. The average Bonchev–Trinajstić information content (AvgIpc) is 3.64. The highest BCUT2D eigenvalue weighted by molar-refractivity contribution is 5.71. The van der Waals surface area contributed by atoms with E-state index in [-0.39, 0.29) is 38.2 Å². The molecule has 0 aliphatic heterocycles. The molecule has 0 aromatic carbocycles. The molecule has 89 heavy (non-hydrogen) atoms. The SMILES string of the molecule is CC/C=C\C/C=C\C/C=C\C/C=C\CCCCCCCCCCCCCCCCCCCCCCCCCCCCCCC(=O)OC(COC(=O)CCCCCCCCCCCCC/C=C\C/C=C\CCCCCCC)COC(OCC[N+](C)(C)C)C(=O)O. The van der Waals surface area contributed by atoms with E-state index in [4.69, 9.17) is 18.9 Å². The Labute approximate surface area is 551 Å². The molecule has 0 aliphatic rings. The molecule has 0 amide bonds. The van der Waals surface area contributed by atoms with Gasteiger partial charge in [0.05, 0.1) is 34.4 Å². The van der Waals surface area contributed by atoms with Gasteiger partial charge in [-0.1, -0.05) is 337 Å². The molecule has 2 atom stereocenters. The summed E-state index contributed by atoms with van der Waals surface area (Å²) in [5.41, 5.74) is 0. The Hall–Kier alpha value is -3.27. The second-order valence-electron chi connectivity index (χ2n) is 26.9. The number of allylic oxidation sites excluding steroid dienone is 12. The quantitative estimate of drug-likeness (QED) is 0.0211. The first-order chi connectivity index (χ1) is 43.6. The predicted octanol–water partition coefficient (Wildman–Crippen LogP) is 24.0. The number of esters is 2. The van der Waals surface area contributed by atoms with E-state index in [1.807, 2.05) is 21.1 Å². The van der Waals surface area contributed by atoms with Crippen LogP contribution in [0, 0.1) is 0 Å². The molecule has 0 spiro atoms. The van der Waals surface area contributed by atoms with E-state index >= 15 is 0 Å². The van der Waals surface area contributed by atoms with E-state index in [0.717, 1.165) is 70.6 Å². The third kappa shape index (κ3) is 72.0. The van der Waals surface area contributed by atoms with Crippen molar-refractivity contribution < 1.29 is 42.9 Å². The summed E-state index contributed by atoms with van der Waals surface area (Å²) in [6.45, 7) is 4.80. The number of rotatable bonds is 71. The maximum Gasteiger partial charge on any atom is 0.361 e. The Balaban J connectivity index is 3.95. The smallest absolute Gasteiger partial charge is 0.361 e. The van der Waals surface area contributed by atoms with Crippen LogP contribution in [0.25, 0.3) is 0 Å². The maximum atomic E-state index is 13.0. The number of ether oxygens (including phenoxy) is 4. The monoisotopic (exact) mass is 1250 g/mol. The number of hydrogen-bond donors (Lipinski definition) is 1. The highest BCUT2D eigenvalue weighted by Crippen LogP contribution is 2.19. The number of nitrogens with zero attached hydrogens (tertiary/aromatic N) is 1. The summed E-state index contributed by atoms with van der Waals surface area (Å²) >= 11 is 0. The summed E-state index contributed by atoms with van der Waals surface area (Å²) in [4.78, 5) is 37.7. The minimum Gasteiger partial charge on any atom is -0.477 e. The molecule has 0 aliphatic carbocycles. The van der Waals surface area contributed by atoms with Crippen molar-refractivity contribution >= 4 is 17.9 Å². The molecule has 0 saturated heterocycles. The molecule has 9 heteroatoms. The van der Waals surface area contributed by atoms with Crippen LogP contribution in [0.2, 0.25) is 0 Å². The van der Waals surface area contributed by atoms with Crippen LogP contribution in [0.3, 0.4) is 0 Å². The molecule has 9 nitrogen and oxygen atoms in total. The van der Waals surface area contributed by atoms with E-state index in [1.54, 1.807) is 0 Å². The van der Waals surface area contributed by atoms with Gasteiger partial charge in [-0.05, 0) is 83.5 Å². The molecule has 0 rings (SSSR count). The van der Waals surface area contributed by atoms with Crippen LogP contribution in [0.1, 0.15) is 361 Å². The van der Waals surface area contributed by atoms with Crippen molar-refractivity contribution in [3.8, 4) is 0 Å². The lowest BCUT2D eigenvalue weighted by Crippen LogP contribution is -2.40. The Morgan fingerprint density at radius 3 is 0.955 bits per heavy atom. The minimum atomic E-state index is -1.51. The summed E-state index contributed by atoms with van der Waals surface area (Å²) in [7, 11) is 5.99. The van der Waals surface area contributed by atoms with Crippen LogP contribution in [0.5, 0.6) is 0 Å². The van der Waals surface area contributed by atoms with Gasteiger partial charge in [-0.2, -0.15) is 0 Å². The number of unbranched alkanes of at least 4 members (excludes halogenated alkanes) is 44. The number of quaternary nitrogens is 1. The van der Waals surface area contributed by atoms with Gasteiger partial charge < -0.3 is 28.5 Å². The largest absolute Gasteiger partial charge is 0.477 e. The van der Waals surface area contributed by atoms with Gasteiger partial charge in [0, 0.05) is 12.8 Å². The summed E-state index contributed by atoms with van der Waals surface area (Å²) in [5.74, 6) is -1.98. The molecular formula is C80H146NO8+. The van der Waals surface area contributed by atoms with Crippen molar-refractivity contribution in [2.24, 2.45) is 0 Å². The first kappa shape index (κ1) is 85.7. The molecular weight excluding hydrogens is 1100 g/mol. The zero-order valence-electron chi connectivity index (χ0n) is 59.3. The second kappa shape index (κ2) is 70.6. The Morgan fingerprint density at radius 2 is 0.640 bits per heavy atom. The summed E-state index contributed by atoms with van der Waals surface area (Å²) < 4.78 is 23.0. The van der Waals surface area contributed by atoms with Crippen molar-refractivity contribution in [2.45, 2.75) is 373 Å². The van der Waals surface area contributed by atoms with Crippen LogP contribution < -0.4 is 0 Å². The first-order valence-electron chi connectivity index (χ1n) is 38.1. The van der Waals surface area contributed by atoms with Crippen LogP contribution in [-0.4, -0.2) is 87.4 Å². The molecule has 0 aromatic heterocycles. The number of carboxylic acids is 1. The van der Waals surface area contributed by atoms with Gasteiger partial charge in [0.15, 0.2) is 6.10 Å². The van der Waals surface area contributed by atoms with Gasteiger partial charge in [-0.25, -0.2) is 4.79 Å². The Kier molecular flexibility index (Phi) is 68.0. The van der Waals surface area contributed by atoms with Crippen LogP contribution in [0.4, 0.5) is 0 Å². The number of likely N-dealkylation sites (N-methyl/N-ethyl adjacent to an activating group) is 1. The molecule has 0 aromatic rings. The third-order valence-corrected chi connectivity index (χ3v) is 16.9. The number of carbonyl (C=O) groups excluding carboxylic acids is 2. The lowest BCUT2D eigenvalue weighted by atomic mass is 10.0. The van der Waals surface area contributed by atoms with Gasteiger partial charge in [-0.3, -0.25) is 9.59 Å². The van der Waals surface area contributed by atoms with Crippen molar-refractivity contribution in [1.82, 2.24) is 0 Å². The first-order valence-corrected chi connectivity index (χ1v) is 38.1. The van der Waals surface area contributed by atoms with Gasteiger partial charge in [0.25, 0.3) is 6.29 Å². The summed E-state index contributed by atoms with van der Waals surface area (Å²) in [6.07, 6.45) is 91.9. The fourth-order valence-electron chi connectivity index (χ4n) is 11.2. The van der Waals surface area contributed by atoms with Crippen molar-refractivity contribution in [3.05, 3.63) is 72.9 Å². The molecule has 1 N–H and O–H groups in total. The lowest BCUT2D eigenvalue weighted by Gasteiger charge is -2.25. The average molecular weight is 1250 g/mol. The van der Waals surface area contributed by atoms with Gasteiger partial charge in [0.2, 0.25) is 0 Å². The number of carbonyl (C=O) groups is 3.